The molecule has 0 aliphatic carbocycles. The Hall–Kier alpha value is -1.85. The Morgan fingerprint density at radius 1 is 1.20 bits per heavy atom. The van der Waals surface area contributed by atoms with Gasteiger partial charge >= 0.3 is 0 Å². The summed E-state index contributed by atoms with van der Waals surface area (Å²) in [6, 6.07) is 16.5. The van der Waals surface area contributed by atoms with Crippen molar-refractivity contribution in [1.82, 2.24) is 15.2 Å². The number of hydrogen-bond donors (Lipinski definition) is 1. The van der Waals surface area contributed by atoms with Crippen molar-refractivity contribution in [2.24, 2.45) is 0 Å². The number of piperidine rings is 1. The van der Waals surface area contributed by atoms with E-state index in [0.717, 1.165) is 30.3 Å². The molecule has 132 valence electrons. The average Bonchev–Trinajstić information content (AvgIpc) is 2.67. The summed E-state index contributed by atoms with van der Waals surface area (Å²) in [7, 11) is 0. The summed E-state index contributed by atoms with van der Waals surface area (Å²) >= 11 is 1.67. The molecular weight excluding hydrogens is 330 g/mol. The number of carbonyl (C=O) groups is 1. The van der Waals surface area contributed by atoms with Gasteiger partial charge < -0.3 is 5.32 Å². The lowest BCUT2D eigenvalue weighted by atomic mass is 9.91. The molecule has 1 atom stereocenters. The second-order valence-electron chi connectivity index (χ2n) is 6.35. The van der Waals surface area contributed by atoms with Crippen LogP contribution in [0, 0.1) is 0 Å². The van der Waals surface area contributed by atoms with Crippen LogP contribution in [0.1, 0.15) is 24.3 Å². The van der Waals surface area contributed by atoms with Crippen molar-refractivity contribution in [1.29, 1.82) is 0 Å². The van der Waals surface area contributed by atoms with E-state index in [1.165, 1.54) is 12.0 Å². The van der Waals surface area contributed by atoms with Gasteiger partial charge in [0.15, 0.2) is 0 Å². The molecule has 1 N–H and O–H groups in total. The summed E-state index contributed by atoms with van der Waals surface area (Å²) < 4.78 is 0. The maximum absolute atomic E-state index is 12.2. The average molecular weight is 356 g/mol. The third-order valence-electron chi connectivity index (χ3n) is 4.46. The van der Waals surface area contributed by atoms with Crippen molar-refractivity contribution in [2.45, 2.75) is 23.8 Å². The van der Waals surface area contributed by atoms with Crippen LogP contribution in [0.5, 0.6) is 0 Å². The third kappa shape index (κ3) is 5.87. The van der Waals surface area contributed by atoms with E-state index in [2.05, 4.69) is 45.5 Å². The summed E-state index contributed by atoms with van der Waals surface area (Å²) in [5, 5.41) is 4.02. The lowest BCUT2D eigenvalue weighted by molar-refractivity contribution is -0.122. The molecular formula is C20H25N3OS. The summed E-state index contributed by atoms with van der Waals surface area (Å²) in [4.78, 5) is 18.7. The Morgan fingerprint density at radius 2 is 2.04 bits per heavy atom. The highest BCUT2D eigenvalue weighted by Gasteiger charge is 2.22. The molecule has 0 radical (unpaired) electrons. The van der Waals surface area contributed by atoms with Crippen LogP contribution >= 0.6 is 11.8 Å². The number of likely N-dealkylation sites (tertiary alicyclic amines) is 1. The van der Waals surface area contributed by atoms with Crippen molar-refractivity contribution in [3.8, 4) is 0 Å². The van der Waals surface area contributed by atoms with Crippen molar-refractivity contribution >= 4 is 17.7 Å². The molecule has 4 nitrogen and oxygen atoms in total. The number of hydrogen-bond acceptors (Lipinski definition) is 4. The first-order valence-corrected chi connectivity index (χ1v) is 9.87. The van der Waals surface area contributed by atoms with Gasteiger partial charge in [0, 0.05) is 25.0 Å². The van der Waals surface area contributed by atoms with E-state index < -0.39 is 0 Å². The second kappa shape index (κ2) is 9.59. The number of nitrogens with one attached hydrogen (secondary N) is 1. The van der Waals surface area contributed by atoms with E-state index in [1.807, 2.05) is 18.2 Å². The maximum Gasteiger partial charge on any atom is 0.234 e. The van der Waals surface area contributed by atoms with Crippen molar-refractivity contribution in [2.75, 3.05) is 31.9 Å². The molecule has 1 aliphatic heterocycles. The molecule has 1 fully saturated rings. The number of nitrogens with zero attached hydrogens (tertiary/aromatic N) is 2. The fourth-order valence-electron chi connectivity index (χ4n) is 3.23. The zero-order chi connectivity index (χ0) is 17.3. The van der Waals surface area contributed by atoms with Gasteiger partial charge in [-0.15, -0.1) is 11.8 Å². The molecule has 0 bridgehead atoms. The van der Waals surface area contributed by atoms with Gasteiger partial charge in [0.25, 0.3) is 0 Å². The van der Waals surface area contributed by atoms with Crippen molar-refractivity contribution in [3.05, 3.63) is 60.3 Å². The minimum atomic E-state index is 0.121. The summed E-state index contributed by atoms with van der Waals surface area (Å²) in [5.74, 6) is 1.51. The number of rotatable bonds is 7. The van der Waals surface area contributed by atoms with Crippen LogP contribution < -0.4 is 5.32 Å². The molecule has 5 heteroatoms. The van der Waals surface area contributed by atoms with Crippen LogP contribution in [0.25, 0.3) is 0 Å². The summed E-state index contributed by atoms with van der Waals surface area (Å²) in [5.41, 5.74) is 1.39. The Kier molecular flexibility index (Phi) is 6.89. The van der Waals surface area contributed by atoms with Gasteiger partial charge in [0.05, 0.1) is 11.6 Å². The molecule has 1 amide bonds. The fraction of sp³-hybridized carbons (Fsp3) is 0.400. The highest BCUT2D eigenvalue weighted by molar-refractivity contribution is 7.99. The Balaban J connectivity index is 1.37. The van der Waals surface area contributed by atoms with Gasteiger partial charge in [-0.2, -0.15) is 0 Å². The number of benzene rings is 1. The predicted molar refractivity (Wildman–Crippen MR) is 103 cm³/mol. The maximum atomic E-state index is 12.2. The highest BCUT2D eigenvalue weighted by Crippen LogP contribution is 2.26. The van der Waals surface area contributed by atoms with Crippen molar-refractivity contribution < 1.29 is 4.79 Å². The van der Waals surface area contributed by atoms with Crippen LogP contribution in [-0.2, 0) is 4.79 Å². The van der Waals surface area contributed by atoms with Gasteiger partial charge in [0.2, 0.25) is 5.91 Å². The lowest BCUT2D eigenvalue weighted by Crippen LogP contribution is -2.42. The van der Waals surface area contributed by atoms with Crippen LogP contribution in [0.3, 0.4) is 0 Å². The minimum absolute atomic E-state index is 0.121. The highest BCUT2D eigenvalue weighted by atomic mass is 32.2. The first kappa shape index (κ1) is 18.0. The van der Waals surface area contributed by atoms with Crippen LogP contribution in [-0.4, -0.2) is 47.7 Å². The van der Waals surface area contributed by atoms with Gasteiger partial charge in [-0.1, -0.05) is 36.4 Å². The van der Waals surface area contributed by atoms with E-state index in [-0.39, 0.29) is 5.91 Å². The molecule has 0 spiro atoms. The quantitative estimate of drug-likeness (QED) is 0.612. The molecule has 2 aromatic rings. The van der Waals surface area contributed by atoms with Gasteiger partial charge in [0.1, 0.15) is 0 Å². The van der Waals surface area contributed by atoms with Crippen LogP contribution in [0.2, 0.25) is 0 Å². The lowest BCUT2D eigenvalue weighted by Gasteiger charge is -2.32. The van der Waals surface area contributed by atoms with Crippen LogP contribution in [0.4, 0.5) is 0 Å². The monoisotopic (exact) mass is 355 g/mol. The normalized spacial score (nSPS) is 18.0. The molecule has 0 saturated carbocycles. The number of pyridine rings is 1. The SMILES string of the molecule is O=C(CN1CCCC(c2ccccc2)C1)NCCSc1ccccn1. The fourth-order valence-corrected chi connectivity index (χ4v) is 3.96. The van der Waals surface area contributed by atoms with Gasteiger partial charge in [-0.05, 0) is 43.0 Å². The number of aromatic nitrogens is 1. The zero-order valence-corrected chi connectivity index (χ0v) is 15.3. The van der Waals surface area contributed by atoms with E-state index in [4.69, 9.17) is 0 Å². The second-order valence-corrected chi connectivity index (χ2v) is 7.47. The van der Waals surface area contributed by atoms with Crippen molar-refractivity contribution in [3.63, 3.8) is 0 Å². The molecule has 25 heavy (non-hydrogen) atoms. The largest absolute Gasteiger partial charge is 0.354 e. The smallest absolute Gasteiger partial charge is 0.234 e. The summed E-state index contributed by atoms with van der Waals surface area (Å²) in [6.07, 6.45) is 4.16. The zero-order valence-electron chi connectivity index (χ0n) is 14.4. The molecule has 2 heterocycles. The summed E-state index contributed by atoms with van der Waals surface area (Å²) in [6.45, 7) is 3.16. The number of thioether (sulfide) groups is 1. The molecule has 3 rings (SSSR count). The van der Waals surface area contributed by atoms with Crippen LogP contribution in [0.15, 0.2) is 59.8 Å². The molecule has 1 saturated heterocycles. The van der Waals surface area contributed by atoms with E-state index >= 15 is 0 Å². The third-order valence-corrected chi connectivity index (χ3v) is 5.40. The minimum Gasteiger partial charge on any atom is -0.354 e. The Morgan fingerprint density at radius 3 is 2.84 bits per heavy atom. The molecule has 1 aromatic heterocycles. The first-order chi connectivity index (χ1) is 12.3. The molecule has 1 aliphatic rings. The number of amides is 1. The van der Waals surface area contributed by atoms with Gasteiger partial charge in [-0.25, -0.2) is 4.98 Å². The predicted octanol–water partition coefficient (Wildman–Crippen LogP) is 3.17. The Bertz CT molecular complexity index is 651. The standard InChI is InChI=1S/C20H25N3OS/c24-19(21-12-14-25-20-10-4-5-11-22-20)16-23-13-6-9-18(15-23)17-7-2-1-3-8-17/h1-5,7-8,10-11,18H,6,9,12-16H2,(H,21,24). The first-order valence-electron chi connectivity index (χ1n) is 8.89. The molecule has 1 unspecified atom stereocenters. The van der Waals surface area contributed by atoms with Gasteiger partial charge in [-0.3, -0.25) is 9.69 Å². The van der Waals surface area contributed by atoms with E-state index in [0.29, 0.717) is 19.0 Å². The number of carbonyl (C=O) groups excluding carboxylic acids is 1. The van der Waals surface area contributed by atoms with E-state index in [1.54, 1.807) is 18.0 Å². The molecule has 1 aromatic carbocycles. The van der Waals surface area contributed by atoms with E-state index in [9.17, 15) is 4.79 Å². The topological polar surface area (TPSA) is 45.2 Å². The Labute approximate surface area is 154 Å².